The summed E-state index contributed by atoms with van der Waals surface area (Å²) < 4.78 is 19.5. The molecule has 3 aromatic heterocycles. The van der Waals surface area contributed by atoms with Crippen LogP contribution in [0.4, 0.5) is 5.82 Å². The van der Waals surface area contributed by atoms with E-state index in [0.717, 1.165) is 16.8 Å². The summed E-state index contributed by atoms with van der Waals surface area (Å²) in [4.78, 5) is 26.1. The van der Waals surface area contributed by atoms with Gasteiger partial charge >= 0.3 is 0 Å². The van der Waals surface area contributed by atoms with Crippen LogP contribution in [0, 0.1) is 0 Å². The lowest BCUT2D eigenvalue weighted by Crippen LogP contribution is -2.22. The van der Waals surface area contributed by atoms with Crippen molar-refractivity contribution >= 4 is 16.6 Å². The van der Waals surface area contributed by atoms with E-state index in [-0.39, 0.29) is 5.56 Å². The van der Waals surface area contributed by atoms with Crippen molar-refractivity contribution in [2.75, 3.05) is 17.6 Å². The molecule has 5 rings (SSSR count). The summed E-state index contributed by atoms with van der Waals surface area (Å²) in [6, 6.07) is 12.7. The average molecular weight is 433 g/mol. The molecule has 0 saturated heterocycles. The summed E-state index contributed by atoms with van der Waals surface area (Å²) in [7, 11) is -1.13. The van der Waals surface area contributed by atoms with Crippen molar-refractivity contribution in [1.29, 1.82) is 0 Å². The molecular formula is C22H19N5O3S. The van der Waals surface area contributed by atoms with Crippen molar-refractivity contribution in [3.05, 3.63) is 77.2 Å². The van der Waals surface area contributed by atoms with Gasteiger partial charge < -0.3 is 14.3 Å². The van der Waals surface area contributed by atoms with Gasteiger partial charge in [0.05, 0.1) is 22.7 Å². The standard InChI is InChI=1S/C22H19N5O3S/c28-18-3-1-2-11-27(18)12-9-23-21-19-17(8-14-31(19)29)25-20(26-21)15-4-6-16(7-5-15)22-24-10-13-30-22/h1-7,10-11,13H,8-9,12,14H2,(H,23,25,26)/t31-/m1/s1. The molecule has 31 heavy (non-hydrogen) atoms. The van der Waals surface area contributed by atoms with Crippen LogP contribution in [0.25, 0.3) is 22.8 Å². The molecule has 1 aromatic carbocycles. The summed E-state index contributed by atoms with van der Waals surface area (Å²) in [5.41, 5.74) is 2.45. The molecule has 0 radical (unpaired) electrons. The number of hydrogen-bond acceptors (Lipinski definition) is 7. The molecule has 1 atom stereocenters. The fourth-order valence-corrected chi connectivity index (χ4v) is 4.84. The van der Waals surface area contributed by atoms with E-state index in [4.69, 9.17) is 4.42 Å². The first-order valence-corrected chi connectivity index (χ1v) is 11.2. The van der Waals surface area contributed by atoms with E-state index < -0.39 is 10.8 Å². The average Bonchev–Trinajstić information content (AvgIpc) is 3.46. The van der Waals surface area contributed by atoms with Gasteiger partial charge in [-0.3, -0.25) is 9.00 Å². The first kappa shape index (κ1) is 19.4. The van der Waals surface area contributed by atoms with Crippen LogP contribution in [-0.2, 0) is 23.8 Å². The van der Waals surface area contributed by atoms with E-state index in [1.165, 1.54) is 12.3 Å². The molecule has 4 aromatic rings. The lowest BCUT2D eigenvalue weighted by Gasteiger charge is -2.12. The number of fused-ring (bicyclic) bond motifs is 1. The Morgan fingerprint density at radius 2 is 1.94 bits per heavy atom. The van der Waals surface area contributed by atoms with Gasteiger partial charge in [0, 0.05) is 48.7 Å². The molecule has 0 unspecified atom stereocenters. The first-order chi connectivity index (χ1) is 15.2. The van der Waals surface area contributed by atoms with Crippen molar-refractivity contribution in [2.45, 2.75) is 17.9 Å². The summed E-state index contributed by atoms with van der Waals surface area (Å²) in [6.45, 7) is 0.957. The Morgan fingerprint density at radius 3 is 2.71 bits per heavy atom. The summed E-state index contributed by atoms with van der Waals surface area (Å²) >= 11 is 0. The maximum absolute atomic E-state index is 12.5. The lowest BCUT2D eigenvalue weighted by molar-refractivity contribution is 0.574. The van der Waals surface area contributed by atoms with E-state index in [0.29, 0.717) is 47.7 Å². The number of aromatic nitrogens is 4. The molecule has 1 N–H and O–H groups in total. The van der Waals surface area contributed by atoms with Crippen molar-refractivity contribution in [3.63, 3.8) is 0 Å². The normalized spacial score (nSPS) is 15.0. The van der Waals surface area contributed by atoms with Crippen molar-refractivity contribution < 1.29 is 8.63 Å². The maximum atomic E-state index is 12.5. The number of benzene rings is 1. The zero-order chi connectivity index (χ0) is 21.2. The summed E-state index contributed by atoms with van der Waals surface area (Å²) in [5, 5.41) is 3.27. The van der Waals surface area contributed by atoms with Crippen LogP contribution in [0.5, 0.6) is 0 Å². The number of nitrogens with zero attached hydrogens (tertiary/aromatic N) is 4. The molecule has 0 amide bonds. The molecule has 0 fully saturated rings. The molecule has 4 heterocycles. The minimum absolute atomic E-state index is 0.0624. The number of nitrogens with one attached hydrogen (secondary N) is 1. The second-order valence-electron chi connectivity index (χ2n) is 7.04. The molecule has 1 aliphatic heterocycles. The van der Waals surface area contributed by atoms with Gasteiger partial charge in [0.1, 0.15) is 17.0 Å². The Morgan fingerprint density at radius 1 is 1.10 bits per heavy atom. The summed E-state index contributed by atoms with van der Waals surface area (Å²) in [5.74, 6) is 2.23. The van der Waals surface area contributed by atoms with Crippen LogP contribution in [0.3, 0.4) is 0 Å². The van der Waals surface area contributed by atoms with Gasteiger partial charge in [0.15, 0.2) is 5.82 Å². The Balaban J connectivity index is 1.42. The van der Waals surface area contributed by atoms with Gasteiger partial charge in [-0.25, -0.2) is 15.0 Å². The Bertz CT molecular complexity index is 1300. The van der Waals surface area contributed by atoms with Crippen molar-refractivity contribution in [2.24, 2.45) is 0 Å². The smallest absolute Gasteiger partial charge is 0.250 e. The van der Waals surface area contributed by atoms with E-state index in [1.54, 1.807) is 23.0 Å². The molecule has 0 aliphatic carbocycles. The number of oxazole rings is 1. The quantitative estimate of drug-likeness (QED) is 0.499. The third-order valence-corrected chi connectivity index (χ3v) is 6.51. The van der Waals surface area contributed by atoms with Gasteiger partial charge in [-0.05, 0) is 18.2 Å². The van der Waals surface area contributed by atoms with Gasteiger partial charge in [-0.15, -0.1) is 0 Å². The van der Waals surface area contributed by atoms with E-state index in [2.05, 4.69) is 20.3 Å². The van der Waals surface area contributed by atoms with Gasteiger partial charge in [0.2, 0.25) is 5.89 Å². The molecule has 156 valence electrons. The summed E-state index contributed by atoms with van der Waals surface area (Å²) in [6.07, 6.45) is 5.54. The second-order valence-corrected chi connectivity index (χ2v) is 8.55. The number of aryl methyl sites for hydroxylation is 1. The van der Waals surface area contributed by atoms with Crippen LogP contribution >= 0.6 is 0 Å². The number of anilines is 1. The fraction of sp³-hybridized carbons (Fsp3) is 0.182. The molecule has 0 spiro atoms. The topological polar surface area (TPSA) is 103 Å². The fourth-order valence-electron chi connectivity index (χ4n) is 3.51. The highest BCUT2D eigenvalue weighted by Gasteiger charge is 2.26. The van der Waals surface area contributed by atoms with Crippen LogP contribution in [-0.4, -0.2) is 36.0 Å². The predicted octanol–water partition coefficient (Wildman–Crippen LogP) is 2.74. The molecule has 0 saturated carbocycles. The number of pyridine rings is 1. The molecule has 9 heteroatoms. The van der Waals surface area contributed by atoms with E-state index >= 15 is 0 Å². The van der Waals surface area contributed by atoms with Crippen molar-refractivity contribution in [3.8, 4) is 22.8 Å². The maximum Gasteiger partial charge on any atom is 0.250 e. The second kappa shape index (κ2) is 8.27. The van der Waals surface area contributed by atoms with Gasteiger partial charge in [0.25, 0.3) is 5.56 Å². The van der Waals surface area contributed by atoms with E-state index in [9.17, 15) is 9.00 Å². The molecule has 8 nitrogen and oxygen atoms in total. The molecule has 0 bridgehead atoms. The minimum atomic E-state index is -1.13. The highest BCUT2D eigenvalue weighted by atomic mass is 32.2. The SMILES string of the molecule is O=c1ccccn1CCNc1nc(-c2ccc(-c3ncco3)cc2)nc2c1[S@](=O)CC2. The third-order valence-electron chi connectivity index (χ3n) is 5.05. The van der Waals surface area contributed by atoms with E-state index in [1.807, 2.05) is 30.3 Å². The minimum Gasteiger partial charge on any atom is -0.445 e. The van der Waals surface area contributed by atoms with Crippen molar-refractivity contribution in [1.82, 2.24) is 19.5 Å². The Hall–Kier alpha value is -3.59. The highest BCUT2D eigenvalue weighted by Crippen LogP contribution is 2.31. The monoisotopic (exact) mass is 433 g/mol. The first-order valence-electron chi connectivity index (χ1n) is 9.88. The zero-order valence-electron chi connectivity index (χ0n) is 16.5. The lowest BCUT2D eigenvalue weighted by atomic mass is 10.1. The largest absolute Gasteiger partial charge is 0.445 e. The molecule has 1 aliphatic rings. The van der Waals surface area contributed by atoms with Crippen LogP contribution in [0.2, 0.25) is 0 Å². The number of rotatable bonds is 6. The predicted molar refractivity (Wildman–Crippen MR) is 117 cm³/mol. The Kier molecular flexibility index (Phi) is 5.17. The zero-order valence-corrected chi connectivity index (χ0v) is 17.3. The van der Waals surface area contributed by atoms with Crippen LogP contribution in [0.1, 0.15) is 5.69 Å². The van der Waals surface area contributed by atoms with Crippen LogP contribution < -0.4 is 10.9 Å². The van der Waals surface area contributed by atoms with Gasteiger partial charge in [-0.1, -0.05) is 18.2 Å². The number of hydrogen-bond donors (Lipinski definition) is 1. The third kappa shape index (κ3) is 3.91. The molecular weight excluding hydrogens is 414 g/mol. The highest BCUT2D eigenvalue weighted by molar-refractivity contribution is 7.85. The Labute approximate surface area is 180 Å². The van der Waals surface area contributed by atoms with Gasteiger partial charge in [-0.2, -0.15) is 0 Å². The van der Waals surface area contributed by atoms with Crippen LogP contribution in [0.15, 0.2) is 75.2 Å².